The maximum absolute atomic E-state index is 4.32. The number of nitrogens with zero attached hydrogens (tertiary/aromatic N) is 3. The first-order chi connectivity index (χ1) is 11.6. The van der Waals surface area contributed by atoms with Gasteiger partial charge in [-0.1, -0.05) is 28.1 Å². The number of aliphatic imine (C=N–C) groups is 1. The summed E-state index contributed by atoms with van der Waals surface area (Å²) in [5.74, 6) is 0.847. The number of halogens is 1. The van der Waals surface area contributed by atoms with Gasteiger partial charge in [0.15, 0.2) is 5.96 Å². The Bertz CT molecular complexity index is 718. The smallest absolute Gasteiger partial charge is 0.191 e. The van der Waals surface area contributed by atoms with E-state index in [9.17, 15) is 0 Å². The van der Waals surface area contributed by atoms with Gasteiger partial charge in [-0.3, -0.25) is 9.67 Å². The summed E-state index contributed by atoms with van der Waals surface area (Å²) in [7, 11) is 1.81. The molecule has 0 spiro atoms. The number of aryl methyl sites for hydroxylation is 1. The molecule has 24 heavy (non-hydrogen) atoms. The van der Waals surface area contributed by atoms with E-state index in [2.05, 4.69) is 67.8 Å². The lowest BCUT2D eigenvalue weighted by atomic mass is 9.96. The Labute approximate surface area is 151 Å². The van der Waals surface area contributed by atoms with Crippen LogP contribution < -0.4 is 10.6 Å². The van der Waals surface area contributed by atoms with Crippen molar-refractivity contribution < 1.29 is 0 Å². The summed E-state index contributed by atoms with van der Waals surface area (Å²) >= 11 is 3.57. The second-order valence-electron chi connectivity index (χ2n) is 6.42. The van der Waals surface area contributed by atoms with Crippen LogP contribution in [-0.2, 0) is 12.0 Å². The summed E-state index contributed by atoms with van der Waals surface area (Å²) in [6, 6.07) is 8.63. The van der Waals surface area contributed by atoms with Gasteiger partial charge in [0.1, 0.15) is 0 Å². The molecule has 0 atom stereocenters. The third kappa shape index (κ3) is 4.17. The van der Waals surface area contributed by atoms with Crippen molar-refractivity contribution in [1.82, 2.24) is 20.4 Å². The summed E-state index contributed by atoms with van der Waals surface area (Å²) < 4.78 is 3.09. The van der Waals surface area contributed by atoms with Crippen LogP contribution in [0.2, 0.25) is 0 Å². The highest BCUT2D eigenvalue weighted by Crippen LogP contribution is 2.48. The first-order valence-corrected chi connectivity index (χ1v) is 9.10. The van der Waals surface area contributed by atoms with Crippen molar-refractivity contribution >= 4 is 21.9 Å². The van der Waals surface area contributed by atoms with Gasteiger partial charge >= 0.3 is 0 Å². The summed E-state index contributed by atoms with van der Waals surface area (Å²) in [6.45, 7) is 4.58. The Kier molecular flexibility index (Phi) is 5.23. The lowest BCUT2D eigenvalue weighted by Crippen LogP contribution is -2.42. The van der Waals surface area contributed by atoms with Crippen LogP contribution in [0.25, 0.3) is 0 Å². The highest BCUT2D eigenvalue weighted by atomic mass is 79.9. The summed E-state index contributed by atoms with van der Waals surface area (Å²) in [4.78, 5) is 4.32. The molecule has 0 radical (unpaired) electrons. The first kappa shape index (κ1) is 17.0. The predicted octanol–water partition coefficient (Wildman–Crippen LogP) is 2.85. The highest BCUT2D eigenvalue weighted by molar-refractivity contribution is 9.10. The molecule has 1 fully saturated rings. The van der Waals surface area contributed by atoms with E-state index < -0.39 is 0 Å². The largest absolute Gasteiger partial charge is 0.356 e. The van der Waals surface area contributed by atoms with Crippen molar-refractivity contribution in [2.24, 2.45) is 4.99 Å². The van der Waals surface area contributed by atoms with Gasteiger partial charge in [0.05, 0.1) is 12.7 Å². The Balaban J connectivity index is 1.49. The SMILES string of the molecule is CN=C(NCCn1cc(C)cn1)NCC1(c2cccc(Br)c2)CC1. The number of aromatic nitrogens is 2. The molecule has 1 aliphatic carbocycles. The fourth-order valence-corrected chi connectivity index (χ4v) is 3.29. The second-order valence-corrected chi connectivity index (χ2v) is 7.34. The molecule has 0 bridgehead atoms. The zero-order chi connectivity index (χ0) is 17.0. The maximum Gasteiger partial charge on any atom is 0.191 e. The van der Waals surface area contributed by atoms with Gasteiger partial charge in [-0.2, -0.15) is 5.10 Å². The number of hydrogen-bond donors (Lipinski definition) is 2. The normalized spacial score (nSPS) is 16.0. The minimum absolute atomic E-state index is 0.250. The Morgan fingerprint density at radius 1 is 1.38 bits per heavy atom. The summed E-state index contributed by atoms with van der Waals surface area (Å²) in [5.41, 5.74) is 2.83. The molecule has 0 saturated heterocycles. The molecule has 1 heterocycles. The number of hydrogen-bond acceptors (Lipinski definition) is 2. The van der Waals surface area contributed by atoms with Crippen LogP contribution in [-0.4, -0.2) is 35.9 Å². The topological polar surface area (TPSA) is 54.2 Å². The number of benzene rings is 1. The molecule has 6 heteroatoms. The second kappa shape index (κ2) is 7.38. The van der Waals surface area contributed by atoms with Crippen molar-refractivity contribution in [2.45, 2.75) is 31.7 Å². The van der Waals surface area contributed by atoms with Gasteiger partial charge in [-0.05, 0) is 43.0 Å². The predicted molar refractivity (Wildman–Crippen MR) is 101 cm³/mol. The van der Waals surface area contributed by atoms with Crippen molar-refractivity contribution in [3.8, 4) is 0 Å². The molecule has 0 unspecified atom stereocenters. The highest BCUT2D eigenvalue weighted by Gasteiger charge is 2.44. The molecular formula is C18H24BrN5. The van der Waals surface area contributed by atoms with Gasteiger partial charge < -0.3 is 10.6 Å². The average Bonchev–Trinajstić information content (AvgIpc) is 3.26. The van der Waals surface area contributed by atoms with Gasteiger partial charge in [0.25, 0.3) is 0 Å². The Hall–Kier alpha value is -1.82. The van der Waals surface area contributed by atoms with Crippen LogP contribution >= 0.6 is 15.9 Å². The van der Waals surface area contributed by atoms with Gasteiger partial charge in [-0.15, -0.1) is 0 Å². The standard InChI is InChI=1S/C18H24BrN5/c1-14-11-23-24(12-14)9-8-21-17(20-2)22-13-18(6-7-18)15-4-3-5-16(19)10-15/h3-5,10-12H,6-9,13H2,1-2H3,(H2,20,21,22). The first-order valence-electron chi connectivity index (χ1n) is 8.31. The molecule has 1 aliphatic rings. The zero-order valence-corrected chi connectivity index (χ0v) is 15.8. The van der Waals surface area contributed by atoms with E-state index >= 15 is 0 Å². The lowest BCUT2D eigenvalue weighted by molar-refractivity contribution is 0.590. The van der Waals surface area contributed by atoms with E-state index in [0.717, 1.165) is 30.1 Å². The fraction of sp³-hybridized carbons (Fsp3) is 0.444. The molecule has 0 amide bonds. The van der Waals surface area contributed by atoms with E-state index in [4.69, 9.17) is 0 Å². The Morgan fingerprint density at radius 2 is 2.21 bits per heavy atom. The summed E-state index contributed by atoms with van der Waals surface area (Å²) in [6.07, 6.45) is 6.37. The molecular weight excluding hydrogens is 366 g/mol. The molecule has 2 N–H and O–H groups in total. The molecule has 2 aromatic rings. The van der Waals surface area contributed by atoms with Crippen molar-refractivity contribution in [3.63, 3.8) is 0 Å². The maximum atomic E-state index is 4.32. The average molecular weight is 390 g/mol. The van der Waals surface area contributed by atoms with Crippen LogP contribution in [0.5, 0.6) is 0 Å². The van der Waals surface area contributed by atoms with Crippen molar-refractivity contribution in [1.29, 1.82) is 0 Å². The van der Waals surface area contributed by atoms with Crippen LogP contribution in [0.15, 0.2) is 46.1 Å². The lowest BCUT2D eigenvalue weighted by Gasteiger charge is -2.19. The van der Waals surface area contributed by atoms with E-state index in [1.165, 1.54) is 24.0 Å². The van der Waals surface area contributed by atoms with Crippen LogP contribution in [0.4, 0.5) is 0 Å². The number of rotatable bonds is 6. The molecule has 128 valence electrons. The van der Waals surface area contributed by atoms with E-state index in [-0.39, 0.29) is 5.41 Å². The van der Waals surface area contributed by atoms with Gasteiger partial charge in [0.2, 0.25) is 0 Å². The molecule has 5 nitrogen and oxygen atoms in total. The fourth-order valence-electron chi connectivity index (χ4n) is 2.89. The number of nitrogens with one attached hydrogen (secondary N) is 2. The molecule has 0 aliphatic heterocycles. The monoisotopic (exact) mass is 389 g/mol. The van der Waals surface area contributed by atoms with Crippen molar-refractivity contribution in [2.75, 3.05) is 20.1 Å². The molecule has 1 aromatic carbocycles. The van der Waals surface area contributed by atoms with Crippen LogP contribution in [0.3, 0.4) is 0 Å². The third-order valence-electron chi connectivity index (χ3n) is 4.50. The van der Waals surface area contributed by atoms with E-state index in [0.29, 0.717) is 0 Å². The van der Waals surface area contributed by atoms with Gasteiger partial charge in [0, 0.05) is 36.2 Å². The number of guanidine groups is 1. The summed E-state index contributed by atoms with van der Waals surface area (Å²) in [5, 5.41) is 11.1. The third-order valence-corrected chi connectivity index (χ3v) is 5.00. The van der Waals surface area contributed by atoms with Crippen molar-refractivity contribution in [3.05, 3.63) is 52.3 Å². The van der Waals surface area contributed by atoms with E-state index in [1.54, 1.807) is 0 Å². The zero-order valence-electron chi connectivity index (χ0n) is 14.2. The molecule has 1 aromatic heterocycles. The van der Waals surface area contributed by atoms with Crippen LogP contribution in [0, 0.1) is 6.92 Å². The van der Waals surface area contributed by atoms with Gasteiger partial charge in [-0.25, -0.2) is 0 Å². The van der Waals surface area contributed by atoms with E-state index in [1.807, 2.05) is 24.1 Å². The quantitative estimate of drug-likeness (QED) is 0.589. The minimum atomic E-state index is 0.250. The Morgan fingerprint density at radius 3 is 2.83 bits per heavy atom. The molecule has 3 rings (SSSR count). The van der Waals surface area contributed by atoms with Crippen LogP contribution in [0.1, 0.15) is 24.0 Å². The molecule has 1 saturated carbocycles. The minimum Gasteiger partial charge on any atom is -0.356 e.